The number of aliphatic hydroxyl groups is 1. The summed E-state index contributed by atoms with van der Waals surface area (Å²) in [6, 6.07) is 7.37. The van der Waals surface area contributed by atoms with Crippen LogP contribution in [-0.2, 0) is 0 Å². The highest BCUT2D eigenvalue weighted by Gasteiger charge is 2.14. The van der Waals surface area contributed by atoms with Crippen LogP contribution in [0.25, 0.3) is 0 Å². The molecule has 0 spiro atoms. The number of ether oxygens (including phenoxy) is 1. The summed E-state index contributed by atoms with van der Waals surface area (Å²) in [5, 5.41) is 9.66. The molecule has 1 aromatic carbocycles. The van der Waals surface area contributed by atoms with Gasteiger partial charge in [-0.2, -0.15) is 0 Å². The molecule has 0 aliphatic rings. The van der Waals surface area contributed by atoms with E-state index in [0.29, 0.717) is 0 Å². The zero-order valence-corrected chi connectivity index (χ0v) is 8.03. The fourth-order valence-electron chi connectivity index (χ4n) is 1.13. The van der Waals surface area contributed by atoms with Crippen LogP contribution in [0.2, 0.25) is 0 Å². The van der Waals surface area contributed by atoms with Gasteiger partial charge in [0, 0.05) is 0 Å². The Balaban J connectivity index is 2.79. The van der Waals surface area contributed by atoms with Crippen LogP contribution in [0.4, 0.5) is 0 Å². The summed E-state index contributed by atoms with van der Waals surface area (Å²) in [5.74, 6) is 0.799. The summed E-state index contributed by atoms with van der Waals surface area (Å²) >= 11 is 0. The van der Waals surface area contributed by atoms with Crippen molar-refractivity contribution in [2.75, 3.05) is 7.11 Å². The second-order valence-corrected chi connectivity index (χ2v) is 3.20. The van der Waals surface area contributed by atoms with Crippen LogP contribution >= 0.6 is 0 Å². The number of hydrogen-bond donors (Lipinski definition) is 2. The Kier molecular flexibility index (Phi) is 3.28. The van der Waals surface area contributed by atoms with Crippen molar-refractivity contribution >= 4 is 0 Å². The van der Waals surface area contributed by atoms with E-state index in [0.717, 1.165) is 11.3 Å². The molecule has 0 aliphatic heterocycles. The van der Waals surface area contributed by atoms with Gasteiger partial charge in [-0.15, -0.1) is 0 Å². The van der Waals surface area contributed by atoms with Crippen LogP contribution in [0.3, 0.4) is 0 Å². The fourth-order valence-corrected chi connectivity index (χ4v) is 1.13. The molecule has 1 rings (SSSR count). The van der Waals surface area contributed by atoms with Gasteiger partial charge >= 0.3 is 0 Å². The second-order valence-electron chi connectivity index (χ2n) is 3.20. The first-order valence-corrected chi connectivity index (χ1v) is 4.30. The second kappa shape index (κ2) is 4.25. The minimum atomic E-state index is -0.495. The van der Waals surface area contributed by atoms with Gasteiger partial charge in [0.25, 0.3) is 0 Å². The molecule has 3 heteroatoms. The molecular formula is C10H16NO2+. The van der Waals surface area contributed by atoms with Crippen molar-refractivity contribution in [1.82, 2.24) is 0 Å². The molecule has 0 aromatic heterocycles. The molecule has 0 amide bonds. The fraction of sp³-hybridized carbons (Fsp3) is 0.400. The van der Waals surface area contributed by atoms with Crippen LogP contribution in [-0.4, -0.2) is 18.3 Å². The number of quaternary nitrogens is 1. The Hall–Kier alpha value is -1.06. The third-order valence-corrected chi connectivity index (χ3v) is 2.00. The highest BCUT2D eigenvalue weighted by Crippen LogP contribution is 2.18. The Bertz CT molecular complexity index is 256. The van der Waals surface area contributed by atoms with E-state index in [2.05, 4.69) is 5.73 Å². The topological polar surface area (TPSA) is 57.1 Å². The van der Waals surface area contributed by atoms with E-state index in [4.69, 9.17) is 4.74 Å². The third kappa shape index (κ3) is 2.44. The molecule has 0 unspecified atom stereocenters. The largest absolute Gasteiger partial charge is 0.497 e. The first kappa shape index (κ1) is 10.0. The molecule has 4 N–H and O–H groups in total. The van der Waals surface area contributed by atoms with Gasteiger partial charge in [0.15, 0.2) is 0 Å². The van der Waals surface area contributed by atoms with Gasteiger partial charge in [0.05, 0.1) is 7.11 Å². The lowest BCUT2D eigenvalue weighted by molar-refractivity contribution is -0.433. The monoisotopic (exact) mass is 182 g/mol. The number of benzene rings is 1. The van der Waals surface area contributed by atoms with E-state index in [1.807, 2.05) is 31.2 Å². The molecule has 3 nitrogen and oxygen atoms in total. The highest BCUT2D eigenvalue weighted by molar-refractivity contribution is 5.28. The molecule has 0 radical (unpaired) electrons. The van der Waals surface area contributed by atoms with Gasteiger partial charge in [-0.1, -0.05) is 12.1 Å². The molecule has 0 heterocycles. The molecule has 1 aromatic rings. The lowest BCUT2D eigenvalue weighted by Crippen LogP contribution is -2.61. The van der Waals surface area contributed by atoms with Gasteiger partial charge in [-0.3, -0.25) is 0 Å². The van der Waals surface area contributed by atoms with Crippen LogP contribution in [0.15, 0.2) is 24.3 Å². The maximum atomic E-state index is 9.66. The predicted molar refractivity (Wildman–Crippen MR) is 50.3 cm³/mol. The average Bonchev–Trinajstić information content (AvgIpc) is 2.17. The lowest BCUT2D eigenvalue weighted by atomic mass is 10.0. The summed E-state index contributed by atoms with van der Waals surface area (Å²) in [4.78, 5) is 0. The quantitative estimate of drug-likeness (QED) is 0.709. The van der Waals surface area contributed by atoms with Crippen molar-refractivity contribution in [2.45, 2.75) is 19.1 Å². The van der Waals surface area contributed by atoms with Gasteiger partial charge < -0.3 is 15.6 Å². The van der Waals surface area contributed by atoms with Crippen molar-refractivity contribution in [3.8, 4) is 5.75 Å². The van der Waals surface area contributed by atoms with Gasteiger partial charge in [0.2, 0.25) is 0 Å². The average molecular weight is 182 g/mol. The molecule has 2 atom stereocenters. The summed E-state index contributed by atoms with van der Waals surface area (Å²) in [6.45, 7) is 1.88. The Morgan fingerprint density at radius 2 is 1.85 bits per heavy atom. The van der Waals surface area contributed by atoms with Crippen LogP contribution < -0.4 is 10.5 Å². The van der Waals surface area contributed by atoms with E-state index in [1.165, 1.54) is 0 Å². The molecule has 0 fully saturated rings. The van der Waals surface area contributed by atoms with Gasteiger partial charge in [-0.05, 0) is 24.6 Å². The molecule has 0 aliphatic carbocycles. The molecule has 72 valence electrons. The van der Waals surface area contributed by atoms with Crippen molar-refractivity contribution < 1.29 is 15.6 Å². The van der Waals surface area contributed by atoms with Crippen LogP contribution in [0, 0.1) is 0 Å². The van der Waals surface area contributed by atoms with Crippen LogP contribution in [0.1, 0.15) is 18.6 Å². The third-order valence-electron chi connectivity index (χ3n) is 2.00. The number of rotatable bonds is 3. The first-order chi connectivity index (χ1) is 6.15. The number of hydrogen-bond acceptors (Lipinski definition) is 2. The molecule has 0 saturated carbocycles. The zero-order chi connectivity index (χ0) is 9.84. The van der Waals surface area contributed by atoms with Crippen molar-refractivity contribution in [1.29, 1.82) is 0 Å². The standard InChI is InChI=1S/C10H15NO2/c1-7(11)10(12)8-3-5-9(13-2)6-4-8/h3-7,10,12H,11H2,1-2H3/p+1/t7-,10-/m0/s1. The SMILES string of the molecule is COc1ccc([C@@H](O)[C@H](C)[NH3+])cc1. The van der Waals surface area contributed by atoms with Crippen molar-refractivity contribution in [3.05, 3.63) is 29.8 Å². The Morgan fingerprint density at radius 1 is 1.31 bits per heavy atom. The minimum absolute atomic E-state index is 0.00612. The maximum absolute atomic E-state index is 9.66. The Morgan fingerprint density at radius 3 is 2.23 bits per heavy atom. The van der Waals surface area contributed by atoms with E-state index in [9.17, 15) is 5.11 Å². The van der Waals surface area contributed by atoms with Gasteiger partial charge in [-0.25, -0.2) is 0 Å². The van der Waals surface area contributed by atoms with Gasteiger partial charge in [0.1, 0.15) is 17.9 Å². The summed E-state index contributed by atoms with van der Waals surface area (Å²) in [5.41, 5.74) is 4.65. The first-order valence-electron chi connectivity index (χ1n) is 4.30. The number of methoxy groups -OCH3 is 1. The maximum Gasteiger partial charge on any atom is 0.130 e. The Labute approximate surface area is 78.1 Å². The molecule has 0 bridgehead atoms. The molecule has 0 saturated heterocycles. The normalized spacial score (nSPS) is 15.1. The zero-order valence-electron chi connectivity index (χ0n) is 8.03. The number of aliphatic hydroxyl groups excluding tert-OH is 1. The lowest BCUT2D eigenvalue weighted by Gasteiger charge is -2.12. The van der Waals surface area contributed by atoms with E-state index in [1.54, 1.807) is 7.11 Å². The van der Waals surface area contributed by atoms with Crippen LogP contribution in [0.5, 0.6) is 5.75 Å². The molecule has 13 heavy (non-hydrogen) atoms. The summed E-state index contributed by atoms with van der Waals surface area (Å²) in [7, 11) is 1.62. The van der Waals surface area contributed by atoms with Crippen molar-refractivity contribution in [3.63, 3.8) is 0 Å². The van der Waals surface area contributed by atoms with E-state index < -0.39 is 6.10 Å². The van der Waals surface area contributed by atoms with Crippen molar-refractivity contribution in [2.24, 2.45) is 0 Å². The highest BCUT2D eigenvalue weighted by atomic mass is 16.5. The minimum Gasteiger partial charge on any atom is -0.497 e. The van der Waals surface area contributed by atoms with E-state index in [-0.39, 0.29) is 6.04 Å². The summed E-state index contributed by atoms with van der Waals surface area (Å²) in [6.07, 6.45) is -0.495. The predicted octanol–water partition coefficient (Wildman–Crippen LogP) is 0.359. The summed E-state index contributed by atoms with van der Waals surface area (Å²) < 4.78 is 5.01. The van der Waals surface area contributed by atoms with E-state index >= 15 is 0 Å². The molecular weight excluding hydrogens is 166 g/mol. The smallest absolute Gasteiger partial charge is 0.130 e.